The highest BCUT2D eigenvalue weighted by Crippen LogP contribution is 2.37. The van der Waals surface area contributed by atoms with E-state index < -0.39 is 30.3 Å². The van der Waals surface area contributed by atoms with Crippen LogP contribution in [0.5, 0.6) is 5.75 Å². The maximum absolute atomic E-state index is 12.4. The number of ketones is 2. The first-order valence-electron chi connectivity index (χ1n) is 10.7. The number of Topliss-reactive ketones (excluding diaryl/α,β-unsaturated/α-hetero) is 2. The third-order valence-electron chi connectivity index (χ3n) is 6.36. The largest absolute Gasteiger partial charge is 0.497 e. The molecule has 1 aromatic rings. The van der Waals surface area contributed by atoms with Crippen molar-refractivity contribution in [1.82, 2.24) is 0 Å². The number of epoxide rings is 1. The molecule has 172 valence electrons. The highest BCUT2D eigenvalue weighted by molar-refractivity contribution is 6.08. The molecular weight excluding hydrogens is 404 g/mol. The summed E-state index contributed by atoms with van der Waals surface area (Å²) in [5.41, 5.74) is 0.417. The fraction of sp³-hybridized carbons (Fsp3) is 0.652. The maximum Gasteiger partial charge on any atom is 0.170 e. The summed E-state index contributed by atoms with van der Waals surface area (Å²) in [5.74, 6) is -0.590. The van der Waals surface area contributed by atoms with Crippen LogP contribution >= 0.6 is 0 Å². The van der Waals surface area contributed by atoms with Gasteiger partial charge in [0.1, 0.15) is 17.6 Å². The number of rotatable bonds is 10. The van der Waals surface area contributed by atoms with Gasteiger partial charge in [0.15, 0.2) is 5.78 Å². The van der Waals surface area contributed by atoms with Gasteiger partial charge < -0.3 is 29.5 Å². The molecule has 8 atom stereocenters. The molecule has 0 saturated carbocycles. The van der Waals surface area contributed by atoms with Crippen molar-refractivity contribution in [2.45, 2.75) is 69.7 Å². The van der Waals surface area contributed by atoms with Gasteiger partial charge in [0.25, 0.3) is 0 Å². The number of carbonyl (C=O) groups is 2. The van der Waals surface area contributed by atoms with E-state index in [1.165, 1.54) is 7.11 Å². The zero-order chi connectivity index (χ0) is 22.7. The Balaban J connectivity index is 1.46. The predicted molar refractivity (Wildman–Crippen MR) is 111 cm³/mol. The van der Waals surface area contributed by atoms with E-state index in [2.05, 4.69) is 0 Å². The van der Waals surface area contributed by atoms with Gasteiger partial charge in [0.2, 0.25) is 0 Å². The van der Waals surface area contributed by atoms with Crippen LogP contribution in [0.1, 0.15) is 43.5 Å². The van der Waals surface area contributed by atoms with Gasteiger partial charge >= 0.3 is 0 Å². The smallest absolute Gasteiger partial charge is 0.170 e. The van der Waals surface area contributed by atoms with Crippen molar-refractivity contribution in [2.75, 3.05) is 13.7 Å². The Morgan fingerprint density at radius 3 is 2.42 bits per heavy atom. The fourth-order valence-electron chi connectivity index (χ4n) is 4.07. The SMILES string of the molecule is COc1ccc(C(=O)CC(=O)C[C@H]2CO[C@@H](C[C@@H]3O[C@H]3[C@@H](C)[C@H](C)O)[C@H](O)[C@@H]2O)cc1. The second-order valence-corrected chi connectivity index (χ2v) is 8.66. The Bertz CT molecular complexity index is 761. The van der Waals surface area contributed by atoms with Gasteiger partial charge in [-0.1, -0.05) is 6.92 Å². The summed E-state index contributed by atoms with van der Waals surface area (Å²) in [6, 6.07) is 6.52. The van der Waals surface area contributed by atoms with Crippen LogP contribution in [-0.2, 0) is 14.3 Å². The fourth-order valence-corrected chi connectivity index (χ4v) is 4.07. The Kier molecular flexibility index (Phi) is 7.82. The van der Waals surface area contributed by atoms with Crippen LogP contribution in [-0.4, -0.2) is 77.2 Å². The van der Waals surface area contributed by atoms with Crippen molar-refractivity contribution in [2.24, 2.45) is 11.8 Å². The number of aliphatic hydroxyl groups is 3. The quantitative estimate of drug-likeness (QED) is 0.283. The van der Waals surface area contributed by atoms with Crippen LogP contribution < -0.4 is 4.74 Å². The highest BCUT2D eigenvalue weighted by Gasteiger charge is 2.48. The molecular formula is C23H32O8. The average Bonchev–Trinajstić information content (AvgIpc) is 3.51. The predicted octanol–water partition coefficient (Wildman–Crippen LogP) is 1.14. The molecule has 2 heterocycles. The first-order chi connectivity index (χ1) is 14.7. The summed E-state index contributed by atoms with van der Waals surface area (Å²) in [5, 5.41) is 30.6. The van der Waals surface area contributed by atoms with Crippen LogP contribution in [0.25, 0.3) is 0 Å². The highest BCUT2D eigenvalue weighted by atomic mass is 16.6. The number of methoxy groups -OCH3 is 1. The first-order valence-corrected chi connectivity index (χ1v) is 10.7. The zero-order valence-electron chi connectivity index (χ0n) is 18.1. The second kappa shape index (κ2) is 10.2. The first kappa shape index (κ1) is 23.8. The van der Waals surface area contributed by atoms with E-state index in [1.807, 2.05) is 6.92 Å². The molecule has 31 heavy (non-hydrogen) atoms. The van der Waals surface area contributed by atoms with Gasteiger partial charge in [0.05, 0.1) is 50.7 Å². The van der Waals surface area contributed by atoms with E-state index in [9.17, 15) is 24.9 Å². The summed E-state index contributed by atoms with van der Waals surface area (Å²) in [6.45, 7) is 3.73. The van der Waals surface area contributed by atoms with Gasteiger partial charge in [-0.2, -0.15) is 0 Å². The number of benzene rings is 1. The lowest BCUT2D eigenvalue weighted by Crippen LogP contribution is -2.51. The van der Waals surface area contributed by atoms with Crippen molar-refractivity contribution >= 4 is 11.6 Å². The number of aliphatic hydroxyl groups excluding tert-OH is 3. The van der Waals surface area contributed by atoms with Gasteiger partial charge in [0, 0.05) is 30.2 Å². The summed E-state index contributed by atoms with van der Waals surface area (Å²) < 4.78 is 16.4. The lowest BCUT2D eigenvalue weighted by atomic mass is 9.85. The molecule has 0 aliphatic carbocycles. The Labute approximate surface area is 182 Å². The van der Waals surface area contributed by atoms with Crippen LogP contribution in [0, 0.1) is 11.8 Å². The number of hydrogen-bond donors (Lipinski definition) is 3. The number of hydrogen-bond acceptors (Lipinski definition) is 8. The van der Waals surface area contributed by atoms with Gasteiger partial charge in [-0.3, -0.25) is 9.59 Å². The Morgan fingerprint density at radius 1 is 1.13 bits per heavy atom. The van der Waals surface area contributed by atoms with Crippen molar-refractivity contribution in [3.05, 3.63) is 29.8 Å². The van der Waals surface area contributed by atoms with Crippen LogP contribution in [0.3, 0.4) is 0 Å². The second-order valence-electron chi connectivity index (χ2n) is 8.66. The molecule has 8 heteroatoms. The molecule has 0 aromatic heterocycles. The van der Waals surface area contributed by atoms with Crippen molar-refractivity contribution in [3.63, 3.8) is 0 Å². The van der Waals surface area contributed by atoms with Gasteiger partial charge in [-0.15, -0.1) is 0 Å². The summed E-state index contributed by atoms with van der Waals surface area (Å²) in [7, 11) is 1.53. The van der Waals surface area contributed by atoms with E-state index in [0.29, 0.717) is 17.7 Å². The molecule has 3 N–H and O–H groups in total. The van der Waals surface area contributed by atoms with E-state index in [1.54, 1.807) is 31.2 Å². The molecule has 0 radical (unpaired) electrons. The minimum absolute atomic E-state index is 0.0238. The Hall–Kier alpha value is -1.84. The van der Waals surface area contributed by atoms with Crippen molar-refractivity contribution in [3.8, 4) is 5.75 Å². The van der Waals surface area contributed by atoms with Gasteiger partial charge in [-0.25, -0.2) is 0 Å². The molecule has 2 aliphatic heterocycles. The molecule has 0 unspecified atom stereocenters. The summed E-state index contributed by atoms with van der Waals surface area (Å²) in [4.78, 5) is 24.7. The van der Waals surface area contributed by atoms with Gasteiger partial charge in [-0.05, 0) is 31.2 Å². The van der Waals surface area contributed by atoms with E-state index in [4.69, 9.17) is 14.2 Å². The summed E-state index contributed by atoms with van der Waals surface area (Å²) in [6.07, 6.45) is -3.48. The molecule has 2 fully saturated rings. The topological polar surface area (TPSA) is 126 Å². The minimum atomic E-state index is -1.14. The van der Waals surface area contributed by atoms with Crippen LogP contribution in [0.4, 0.5) is 0 Å². The number of ether oxygens (including phenoxy) is 3. The van der Waals surface area contributed by atoms with E-state index in [-0.39, 0.29) is 49.1 Å². The maximum atomic E-state index is 12.4. The molecule has 0 spiro atoms. The number of carbonyl (C=O) groups excluding carboxylic acids is 2. The standard InChI is InChI=1S/C23H32O8/c1-12(13(2)24)23-20(31-23)10-19-22(28)21(27)15(11-30-19)8-16(25)9-18(26)14-4-6-17(29-3)7-5-14/h4-7,12-13,15,19-24,27-28H,8-11H2,1-3H3/t12-,13-,15-,19-,20-,21+,22-,23-/m0/s1. The lowest BCUT2D eigenvalue weighted by molar-refractivity contribution is -0.170. The molecule has 0 amide bonds. The Morgan fingerprint density at radius 2 is 1.81 bits per heavy atom. The normalized spacial score (nSPS) is 32.2. The molecule has 2 saturated heterocycles. The van der Waals surface area contributed by atoms with E-state index >= 15 is 0 Å². The van der Waals surface area contributed by atoms with Crippen molar-refractivity contribution < 1.29 is 39.1 Å². The van der Waals surface area contributed by atoms with Crippen LogP contribution in [0.15, 0.2) is 24.3 Å². The zero-order valence-corrected chi connectivity index (χ0v) is 18.1. The molecule has 0 bridgehead atoms. The molecule has 3 rings (SSSR count). The summed E-state index contributed by atoms with van der Waals surface area (Å²) >= 11 is 0. The average molecular weight is 437 g/mol. The lowest BCUT2D eigenvalue weighted by Gasteiger charge is -2.37. The third-order valence-corrected chi connectivity index (χ3v) is 6.36. The van der Waals surface area contributed by atoms with E-state index in [0.717, 1.165) is 0 Å². The van der Waals surface area contributed by atoms with Crippen LogP contribution in [0.2, 0.25) is 0 Å². The molecule has 8 nitrogen and oxygen atoms in total. The molecule has 2 aliphatic rings. The molecule has 1 aromatic carbocycles. The third kappa shape index (κ3) is 5.90. The minimum Gasteiger partial charge on any atom is -0.497 e. The monoisotopic (exact) mass is 436 g/mol. The van der Waals surface area contributed by atoms with Crippen molar-refractivity contribution in [1.29, 1.82) is 0 Å².